The summed E-state index contributed by atoms with van der Waals surface area (Å²) in [5.41, 5.74) is 6.30. The van der Waals surface area contributed by atoms with Crippen molar-refractivity contribution in [1.29, 1.82) is 0 Å². The number of benzene rings is 1. The van der Waals surface area contributed by atoms with Crippen LogP contribution in [0.1, 0.15) is 43.6 Å². The number of carbonyl (C=O) groups is 2. The molecule has 1 aromatic carbocycles. The Morgan fingerprint density at radius 1 is 1.18 bits per heavy atom. The first-order valence-electron chi connectivity index (χ1n) is 7.90. The average Bonchev–Trinajstić information content (AvgIpc) is 3.10. The van der Waals surface area contributed by atoms with Gasteiger partial charge in [-0.05, 0) is 42.9 Å². The highest BCUT2D eigenvalue weighted by molar-refractivity contribution is 5.87. The minimum atomic E-state index is -0.459. The maximum atomic E-state index is 13.0. The fourth-order valence-corrected chi connectivity index (χ4v) is 3.53. The second-order valence-electron chi connectivity index (χ2n) is 6.37. The van der Waals surface area contributed by atoms with Gasteiger partial charge < -0.3 is 10.6 Å². The van der Waals surface area contributed by atoms with Crippen molar-refractivity contribution in [2.24, 2.45) is 11.7 Å². The third-order valence-electron chi connectivity index (χ3n) is 4.78. The Labute approximate surface area is 129 Å². The van der Waals surface area contributed by atoms with Crippen LogP contribution in [0.25, 0.3) is 0 Å². The van der Waals surface area contributed by atoms with Crippen molar-refractivity contribution in [1.82, 2.24) is 4.90 Å². The van der Waals surface area contributed by atoms with E-state index in [4.69, 9.17) is 5.73 Å². The number of hydrogen-bond donors (Lipinski definition) is 1. The average molecular weight is 304 g/mol. The van der Waals surface area contributed by atoms with Gasteiger partial charge in [0.05, 0.1) is 6.54 Å². The van der Waals surface area contributed by atoms with Crippen LogP contribution in [-0.4, -0.2) is 29.3 Å². The molecule has 5 heteroatoms. The van der Waals surface area contributed by atoms with Crippen molar-refractivity contribution in [3.63, 3.8) is 0 Å². The first-order valence-corrected chi connectivity index (χ1v) is 7.90. The molecule has 2 saturated carbocycles. The number of halogens is 1. The van der Waals surface area contributed by atoms with Crippen LogP contribution in [0.3, 0.4) is 0 Å². The van der Waals surface area contributed by atoms with E-state index in [0.717, 1.165) is 37.7 Å². The Hall–Kier alpha value is -1.91. The van der Waals surface area contributed by atoms with E-state index in [1.807, 2.05) is 0 Å². The molecule has 0 heterocycles. The van der Waals surface area contributed by atoms with Crippen LogP contribution in [0.5, 0.6) is 0 Å². The summed E-state index contributed by atoms with van der Waals surface area (Å²) < 4.78 is 13.0. The fourth-order valence-electron chi connectivity index (χ4n) is 3.53. The van der Waals surface area contributed by atoms with Crippen LogP contribution in [-0.2, 0) is 9.59 Å². The van der Waals surface area contributed by atoms with Crippen molar-refractivity contribution in [2.75, 3.05) is 6.54 Å². The smallest absolute Gasteiger partial charge is 0.237 e. The van der Waals surface area contributed by atoms with Crippen LogP contribution in [0.2, 0.25) is 0 Å². The quantitative estimate of drug-likeness (QED) is 0.906. The normalized spacial score (nSPS) is 24.2. The Balaban J connectivity index is 1.69. The van der Waals surface area contributed by atoms with Gasteiger partial charge in [-0.3, -0.25) is 9.59 Å². The third kappa shape index (κ3) is 3.13. The van der Waals surface area contributed by atoms with Gasteiger partial charge in [0.2, 0.25) is 11.8 Å². The summed E-state index contributed by atoms with van der Waals surface area (Å²) in [5.74, 6) is -0.650. The summed E-state index contributed by atoms with van der Waals surface area (Å²) in [6.45, 7) is 0.0101. The molecule has 1 aromatic rings. The van der Waals surface area contributed by atoms with Gasteiger partial charge in [-0.25, -0.2) is 4.39 Å². The maximum Gasteiger partial charge on any atom is 0.237 e. The van der Waals surface area contributed by atoms with Crippen LogP contribution in [0.4, 0.5) is 4.39 Å². The van der Waals surface area contributed by atoms with Crippen LogP contribution >= 0.6 is 0 Å². The fraction of sp³-hybridized carbons (Fsp3) is 0.529. The molecule has 22 heavy (non-hydrogen) atoms. The van der Waals surface area contributed by atoms with E-state index < -0.39 is 5.91 Å². The molecule has 2 fully saturated rings. The molecule has 118 valence electrons. The molecule has 4 nitrogen and oxygen atoms in total. The zero-order valence-corrected chi connectivity index (χ0v) is 12.5. The molecule has 2 atom stereocenters. The van der Waals surface area contributed by atoms with Crippen LogP contribution in [0, 0.1) is 11.7 Å². The molecule has 0 radical (unpaired) electrons. The highest BCUT2D eigenvalue weighted by atomic mass is 19.1. The maximum absolute atomic E-state index is 13.0. The molecule has 0 bridgehead atoms. The van der Waals surface area contributed by atoms with E-state index >= 15 is 0 Å². The van der Waals surface area contributed by atoms with Gasteiger partial charge in [0.15, 0.2) is 0 Å². The lowest BCUT2D eigenvalue weighted by Gasteiger charge is -2.28. The molecule has 2 aliphatic rings. The first kappa shape index (κ1) is 15.0. The van der Waals surface area contributed by atoms with E-state index in [1.165, 1.54) is 12.1 Å². The zero-order valence-electron chi connectivity index (χ0n) is 12.5. The number of nitrogens with zero attached hydrogens (tertiary/aromatic N) is 1. The van der Waals surface area contributed by atoms with E-state index in [9.17, 15) is 14.0 Å². The standard InChI is InChI=1S/C17H21FN2O2/c18-12-7-5-11(6-8-12)14-9-15(14)17(22)20(10-16(19)21)13-3-1-2-4-13/h5-8,13-15H,1-4,9-10H2,(H2,19,21)/t14-,15-/m0/s1. The van der Waals surface area contributed by atoms with Gasteiger partial charge in [-0.2, -0.15) is 0 Å². The largest absolute Gasteiger partial charge is 0.368 e. The molecule has 0 saturated heterocycles. The van der Waals surface area contributed by atoms with Gasteiger partial charge in [-0.1, -0.05) is 25.0 Å². The molecule has 2 aliphatic carbocycles. The lowest BCUT2D eigenvalue weighted by molar-refractivity contribution is -0.138. The zero-order chi connectivity index (χ0) is 15.7. The number of rotatable bonds is 5. The van der Waals surface area contributed by atoms with Crippen molar-refractivity contribution in [3.05, 3.63) is 35.6 Å². The predicted molar refractivity (Wildman–Crippen MR) is 80.4 cm³/mol. The minimum absolute atomic E-state index is 0.0101. The summed E-state index contributed by atoms with van der Waals surface area (Å²) in [6, 6.07) is 6.47. The monoisotopic (exact) mass is 304 g/mol. The van der Waals surface area contributed by atoms with E-state index in [1.54, 1.807) is 17.0 Å². The number of hydrogen-bond acceptors (Lipinski definition) is 2. The highest BCUT2D eigenvalue weighted by Crippen LogP contribution is 2.49. The summed E-state index contributed by atoms with van der Waals surface area (Å²) in [5, 5.41) is 0. The summed E-state index contributed by atoms with van der Waals surface area (Å²) in [4.78, 5) is 25.7. The van der Waals surface area contributed by atoms with Crippen LogP contribution in [0.15, 0.2) is 24.3 Å². The van der Waals surface area contributed by atoms with E-state index in [-0.39, 0.29) is 36.1 Å². The molecule has 0 spiro atoms. The minimum Gasteiger partial charge on any atom is -0.368 e. The number of nitrogens with two attached hydrogens (primary N) is 1. The van der Waals surface area contributed by atoms with Crippen LogP contribution < -0.4 is 5.73 Å². The third-order valence-corrected chi connectivity index (χ3v) is 4.78. The van der Waals surface area contributed by atoms with E-state index in [0.29, 0.717) is 0 Å². The van der Waals surface area contributed by atoms with Gasteiger partial charge in [0.25, 0.3) is 0 Å². The Morgan fingerprint density at radius 2 is 1.82 bits per heavy atom. The predicted octanol–water partition coefficient (Wildman–Crippen LogP) is 2.19. The Morgan fingerprint density at radius 3 is 2.41 bits per heavy atom. The molecular weight excluding hydrogens is 283 g/mol. The molecule has 0 aromatic heterocycles. The second kappa shape index (κ2) is 6.07. The van der Waals surface area contributed by atoms with Gasteiger partial charge in [-0.15, -0.1) is 0 Å². The molecule has 2 N–H and O–H groups in total. The van der Waals surface area contributed by atoms with Gasteiger partial charge in [0.1, 0.15) is 5.82 Å². The van der Waals surface area contributed by atoms with E-state index in [2.05, 4.69) is 0 Å². The summed E-state index contributed by atoms with van der Waals surface area (Å²) >= 11 is 0. The first-order chi connectivity index (χ1) is 10.6. The summed E-state index contributed by atoms with van der Waals surface area (Å²) in [7, 11) is 0. The highest BCUT2D eigenvalue weighted by Gasteiger charge is 2.47. The number of carbonyl (C=O) groups excluding carboxylic acids is 2. The molecular formula is C17H21FN2O2. The van der Waals surface area contributed by atoms with Crippen molar-refractivity contribution in [2.45, 2.75) is 44.1 Å². The number of primary amides is 1. The summed E-state index contributed by atoms with van der Waals surface area (Å²) in [6.07, 6.45) is 4.87. The molecule has 0 unspecified atom stereocenters. The van der Waals surface area contributed by atoms with Crippen molar-refractivity contribution < 1.29 is 14.0 Å². The Bertz CT molecular complexity index is 567. The topological polar surface area (TPSA) is 63.4 Å². The van der Waals surface area contributed by atoms with Crippen molar-refractivity contribution in [3.8, 4) is 0 Å². The lowest BCUT2D eigenvalue weighted by Crippen LogP contribution is -2.45. The van der Waals surface area contributed by atoms with Gasteiger partial charge >= 0.3 is 0 Å². The second-order valence-corrected chi connectivity index (χ2v) is 6.37. The molecule has 2 amide bonds. The Kier molecular flexibility index (Phi) is 4.14. The van der Waals surface area contributed by atoms with Crippen molar-refractivity contribution >= 4 is 11.8 Å². The van der Waals surface area contributed by atoms with Gasteiger partial charge in [0, 0.05) is 12.0 Å². The number of amides is 2. The molecule has 0 aliphatic heterocycles. The molecule has 3 rings (SSSR count). The SMILES string of the molecule is NC(=O)CN(C(=O)[C@H]1C[C@H]1c1ccc(F)cc1)C1CCCC1. The lowest BCUT2D eigenvalue weighted by atomic mass is 10.1.